The Balaban J connectivity index is 2.08. The summed E-state index contributed by atoms with van der Waals surface area (Å²) < 4.78 is 5.63. The third kappa shape index (κ3) is 2.12. The molecule has 2 unspecified atom stereocenters. The lowest BCUT2D eigenvalue weighted by Gasteiger charge is -2.37. The third-order valence-electron chi connectivity index (χ3n) is 2.91. The number of nitrogens with zero attached hydrogens (tertiary/aromatic N) is 1. The molecule has 0 aromatic heterocycles. The Morgan fingerprint density at radius 1 is 1.44 bits per heavy atom. The van der Waals surface area contributed by atoms with Crippen LogP contribution < -0.4 is 5.73 Å². The van der Waals surface area contributed by atoms with Crippen LogP contribution >= 0.6 is 11.8 Å². The van der Waals surface area contributed by atoms with E-state index < -0.39 is 18.3 Å². The summed E-state index contributed by atoms with van der Waals surface area (Å²) in [5, 5.41) is 20.7. The lowest BCUT2D eigenvalue weighted by atomic mass is 9.98. The van der Waals surface area contributed by atoms with Gasteiger partial charge in [-0.25, -0.2) is 0 Å². The highest BCUT2D eigenvalue weighted by Crippen LogP contribution is 2.37. The molecule has 2 rings (SSSR count). The van der Waals surface area contributed by atoms with Crippen LogP contribution in [0.15, 0.2) is 4.99 Å². The van der Waals surface area contributed by atoms with Crippen LogP contribution in [0.1, 0.15) is 19.8 Å². The standard InChI is InChI=1S/C10H18N2O3S/c1-2-3-6-12-7-9(14)8(13)5(4-11)15-10(7)16-6/h5,7-10,13-14H,2-4,11H2,1H3/t5-,7?,8-,9-,10?/m1/s1. The number of aliphatic hydroxyl groups excluding tert-OH is 2. The first-order valence-corrected chi connectivity index (χ1v) is 6.50. The molecule has 0 radical (unpaired) electrons. The maximum atomic E-state index is 9.93. The number of aliphatic hydroxyl groups is 2. The van der Waals surface area contributed by atoms with E-state index in [0.717, 1.165) is 17.9 Å². The Kier molecular flexibility index (Phi) is 3.86. The number of hydrogen-bond donors (Lipinski definition) is 3. The Bertz CT molecular complexity index is 287. The van der Waals surface area contributed by atoms with Gasteiger partial charge in [0.15, 0.2) is 0 Å². The van der Waals surface area contributed by atoms with Crippen molar-refractivity contribution < 1.29 is 14.9 Å². The highest BCUT2D eigenvalue weighted by atomic mass is 32.2. The fourth-order valence-corrected chi connectivity index (χ4v) is 3.35. The largest absolute Gasteiger partial charge is 0.388 e. The van der Waals surface area contributed by atoms with E-state index in [1.807, 2.05) is 0 Å². The second-order valence-corrected chi connectivity index (χ2v) is 5.31. The topological polar surface area (TPSA) is 88.1 Å². The summed E-state index contributed by atoms with van der Waals surface area (Å²) in [6.45, 7) is 2.30. The third-order valence-corrected chi connectivity index (χ3v) is 4.11. The van der Waals surface area contributed by atoms with E-state index in [4.69, 9.17) is 10.5 Å². The van der Waals surface area contributed by atoms with Crippen LogP contribution in [0.5, 0.6) is 0 Å². The first-order valence-electron chi connectivity index (χ1n) is 5.62. The molecule has 0 aliphatic carbocycles. The van der Waals surface area contributed by atoms with Crippen LogP contribution in [0.25, 0.3) is 0 Å². The summed E-state index contributed by atoms with van der Waals surface area (Å²) in [7, 11) is 0. The van der Waals surface area contributed by atoms with E-state index in [-0.39, 0.29) is 18.0 Å². The Morgan fingerprint density at radius 2 is 2.19 bits per heavy atom. The maximum Gasteiger partial charge on any atom is 0.134 e. The van der Waals surface area contributed by atoms with Crippen LogP contribution in [0.2, 0.25) is 0 Å². The van der Waals surface area contributed by atoms with Crippen molar-refractivity contribution in [2.45, 2.75) is 49.6 Å². The maximum absolute atomic E-state index is 9.93. The Hall–Kier alpha value is -0.140. The number of thioether (sulfide) groups is 1. The minimum absolute atomic E-state index is 0.187. The molecular weight excluding hydrogens is 228 g/mol. The molecule has 1 saturated heterocycles. The average molecular weight is 246 g/mol. The monoisotopic (exact) mass is 246 g/mol. The highest BCUT2D eigenvalue weighted by molar-refractivity contribution is 8.14. The molecule has 0 bridgehead atoms. The molecule has 0 amide bonds. The summed E-state index contributed by atoms with van der Waals surface area (Å²) in [6.07, 6.45) is -0.368. The van der Waals surface area contributed by atoms with E-state index in [0.29, 0.717) is 0 Å². The summed E-state index contributed by atoms with van der Waals surface area (Å²) in [5.74, 6) is 0. The molecule has 16 heavy (non-hydrogen) atoms. The van der Waals surface area contributed by atoms with Gasteiger partial charge in [0.2, 0.25) is 0 Å². The van der Waals surface area contributed by atoms with Crippen LogP contribution in [0.3, 0.4) is 0 Å². The zero-order valence-corrected chi connectivity index (χ0v) is 10.1. The van der Waals surface area contributed by atoms with Gasteiger partial charge in [-0.3, -0.25) is 4.99 Å². The molecule has 5 nitrogen and oxygen atoms in total. The molecule has 0 aromatic carbocycles. The number of nitrogens with two attached hydrogens (primary N) is 1. The molecule has 0 saturated carbocycles. The fraction of sp³-hybridized carbons (Fsp3) is 0.900. The predicted molar refractivity (Wildman–Crippen MR) is 63.5 cm³/mol. The van der Waals surface area contributed by atoms with Crippen molar-refractivity contribution in [3.63, 3.8) is 0 Å². The van der Waals surface area contributed by atoms with E-state index in [9.17, 15) is 10.2 Å². The number of rotatable bonds is 3. The Morgan fingerprint density at radius 3 is 2.81 bits per heavy atom. The highest BCUT2D eigenvalue weighted by Gasteiger charge is 2.47. The van der Waals surface area contributed by atoms with E-state index >= 15 is 0 Å². The van der Waals surface area contributed by atoms with Crippen LogP contribution in [0.4, 0.5) is 0 Å². The van der Waals surface area contributed by atoms with E-state index in [1.165, 1.54) is 0 Å². The molecule has 2 aliphatic rings. The number of aliphatic imine (C=N–C) groups is 1. The van der Waals surface area contributed by atoms with Crippen LogP contribution in [0, 0.1) is 0 Å². The SMILES string of the molecule is CCCC1=NC2C(O[C@H](CN)[C@@H](O)[C@@H]2O)S1. The Labute approximate surface area is 99.1 Å². The number of fused-ring (bicyclic) bond motifs is 1. The van der Waals surface area contributed by atoms with Crippen molar-refractivity contribution in [2.24, 2.45) is 10.7 Å². The van der Waals surface area contributed by atoms with E-state index in [1.54, 1.807) is 11.8 Å². The second kappa shape index (κ2) is 5.01. The zero-order chi connectivity index (χ0) is 11.7. The van der Waals surface area contributed by atoms with Crippen molar-refractivity contribution >= 4 is 16.8 Å². The number of hydrogen-bond acceptors (Lipinski definition) is 6. The first-order chi connectivity index (χ1) is 7.67. The van der Waals surface area contributed by atoms with Gasteiger partial charge in [-0.1, -0.05) is 25.1 Å². The van der Waals surface area contributed by atoms with Gasteiger partial charge in [0.1, 0.15) is 23.7 Å². The van der Waals surface area contributed by atoms with Crippen molar-refractivity contribution in [2.75, 3.05) is 6.54 Å². The minimum atomic E-state index is -0.934. The van der Waals surface area contributed by atoms with Crippen LogP contribution in [-0.2, 0) is 4.74 Å². The molecule has 1 fully saturated rings. The fourth-order valence-electron chi connectivity index (χ4n) is 2.01. The molecule has 2 heterocycles. The molecule has 5 atom stereocenters. The van der Waals surface area contributed by atoms with Crippen LogP contribution in [-0.4, -0.2) is 51.6 Å². The van der Waals surface area contributed by atoms with Gasteiger partial charge in [0, 0.05) is 6.54 Å². The first kappa shape index (κ1) is 12.3. The van der Waals surface area contributed by atoms with Crippen molar-refractivity contribution in [3.8, 4) is 0 Å². The quantitative estimate of drug-likeness (QED) is 0.636. The molecule has 2 aliphatic heterocycles. The molecule has 6 heteroatoms. The van der Waals surface area contributed by atoms with Gasteiger partial charge in [-0.2, -0.15) is 0 Å². The van der Waals surface area contributed by atoms with Gasteiger partial charge in [0.05, 0.1) is 11.1 Å². The lowest BCUT2D eigenvalue weighted by molar-refractivity contribution is -0.148. The average Bonchev–Trinajstić information content (AvgIpc) is 2.67. The molecule has 4 N–H and O–H groups in total. The van der Waals surface area contributed by atoms with Crippen molar-refractivity contribution in [3.05, 3.63) is 0 Å². The minimum Gasteiger partial charge on any atom is -0.388 e. The lowest BCUT2D eigenvalue weighted by Crippen LogP contribution is -2.56. The molecule has 0 aromatic rings. The van der Waals surface area contributed by atoms with E-state index in [2.05, 4.69) is 11.9 Å². The zero-order valence-electron chi connectivity index (χ0n) is 9.24. The van der Waals surface area contributed by atoms with Gasteiger partial charge < -0.3 is 20.7 Å². The van der Waals surface area contributed by atoms with Crippen molar-refractivity contribution in [1.82, 2.24) is 0 Å². The molecule has 0 spiro atoms. The molecular formula is C10H18N2O3S. The van der Waals surface area contributed by atoms with Gasteiger partial charge in [-0.05, 0) is 6.42 Å². The van der Waals surface area contributed by atoms with Gasteiger partial charge in [-0.15, -0.1) is 0 Å². The summed E-state index contributed by atoms with van der Waals surface area (Å²) in [5.41, 5.74) is 5.30. The van der Waals surface area contributed by atoms with Gasteiger partial charge in [0.25, 0.3) is 0 Å². The smallest absolute Gasteiger partial charge is 0.134 e. The summed E-state index contributed by atoms with van der Waals surface area (Å²) in [6, 6.07) is -0.343. The predicted octanol–water partition coefficient (Wildman–Crippen LogP) is -0.294. The van der Waals surface area contributed by atoms with Crippen molar-refractivity contribution in [1.29, 1.82) is 0 Å². The summed E-state index contributed by atoms with van der Waals surface area (Å²) in [4.78, 5) is 4.40. The second-order valence-electron chi connectivity index (χ2n) is 4.14. The van der Waals surface area contributed by atoms with Gasteiger partial charge >= 0.3 is 0 Å². The number of ether oxygens (including phenoxy) is 1. The molecule has 92 valence electrons. The summed E-state index contributed by atoms with van der Waals surface area (Å²) >= 11 is 1.55. The normalized spacial score (nSPS) is 43.0.